The van der Waals surface area contributed by atoms with Gasteiger partial charge in [-0.3, -0.25) is 0 Å². The molecule has 0 bridgehead atoms. The van der Waals surface area contributed by atoms with Crippen molar-refractivity contribution in [2.45, 2.75) is 0 Å². The van der Waals surface area contributed by atoms with Gasteiger partial charge in [0.15, 0.2) is 0 Å². The average Bonchev–Trinajstić information content (AvgIpc) is 2.50. The Morgan fingerprint density at radius 2 is 2.08 bits per heavy atom. The van der Waals surface area contributed by atoms with Gasteiger partial charge in [-0.15, -0.1) is 11.3 Å². The summed E-state index contributed by atoms with van der Waals surface area (Å²) < 4.78 is 1.34. The first-order valence-electron chi connectivity index (χ1n) is 3.84. The molecule has 12 heavy (non-hydrogen) atoms. The highest BCUT2D eigenvalue weighted by atomic mass is 32.1. The number of hydrogen-bond acceptors (Lipinski definition) is 1. The monoisotopic (exact) mass is 173 g/mol. The van der Waals surface area contributed by atoms with Crippen LogP contribution in [0.1, 0.15) is 5.56 Å². The summed E-state index contributed by atoms with van der Waals surface area (Å²) >= 11 is 1.77. The first kappa shape index (κ1) is 7.56. The second kappa shape index (κ2) is 3.11. The number of fused-ring (bicyclic) bond motifs is 1. The van der Waals surface area contributed by atoms with Gasteiger partial charge in [-0.05, 0) is 29.3 Å². The van der Waals surface area contributed by atoms with Gasteiger partial charge < -0.3 is 0 Å². The first-order chi connectivity index (χ1) is 5.92. The normalized spacial score (nSPS) is 11.4. The fourth-order valence-corrected chi connectivity index (χ4v) is 2.18. The van der Waals surface area contributed by atoms with Crippen molar-refractivity contribution in [3.8, 4) is 0 Å². The molecule has 0 aliphatic carbocycles. The van der Waals surface area contributed by atoms with Crippen LogP contribution in [0.15, 0.2) is 35.7 Å². The van der Waals surface area contributed by atoms with E-state index in [4.69, 9.17) is 0 Å². The molecule has 0 saturated carbocycles. The Labute approximate surface area is 76.2 Å². The molecule has 1 radical (unpaired) electrons. The van der Waals surface area contributed by atoms with Crippen LogP contribution < -0.4 is 0 Å². The van der Waals surface area contributed by atoms with Crippen LogP contribution in [-0.2, 0) is 0 Å². The Hall–Kier alpha value is -1.08. The molecule has 0 unspecified atom stereocenters. The topological polar surface area (TPSA) is 0 Å². The Morgan fingerprint density at radius 3 is 2.92 bits per heavy atom. The second-order valence-electron chi connectivity index (χ2n) is 2.59. The van der Waals surface area contributed by atoms with Crippen LogP contribution in [-0.4, -0.2) is 0 Å². The predicted molar refractivity (Wildman–Crippen MR) is 56.2 cm³/mol. The van der Waals surface area contributed by atoms with Gasteiger partial charge >= 0.3 is 0 Å². The minimum absolute atomic E-state index is 1.27. The summed E-state index contributed by atoms with van der Waals surface area (Å²) in [7, 11) is 0. The highest BCUT2D eigenvalue weighted by molar-refractivity contribution is 7.17. The Morgan fingerprint density at radius 1 is 1.25 bits per heavy atom. The molecule has 0 spiro atoms. The van der Waals surface area contributed by atoms with Crippen molar-refractivity contribution >= 4 is 27.5 Å². The lowest BCUT2D eigenvalue weighted by Gasteiger charge is -1.89. The predicted octanol–water partition coefficient (Wildman–Crippen LogP) is 3.75. The van der Waals surface area contributed by atoms with E-state index in [2.05, 4.69) is 36.6 Å². The summed E-state index contributed by atoms with van der Waals surface area (Å²) in [5.74, 6) is 0. The van der Waals surface area contributed by atoms with Gasteiger partial charge in [0.2, 0.25) is 0 Å². The average molecular weight is 173 g/mol. The molecular formula is C11H9S. The molecule has 0 N–H and O–H groups in total. The van der Waals surface area contributed by atoms with Crippen LogP contribution in [0.4, 0.5) is 0 Å². The number of rotatable bonds is 1. The van der Waals surface area contributed by atoms with Crippen LogP contribution in [0.2, 0.25) is 0 Å². The molecule has 0 atom stereocenters. The van der Waals surface area contributed by atoms with Crippen molar-refractivity contribution in [3.05, 3.63) is 48.2 Å². The minimum atomic E-state index is 1.27. The summed E-state index contributed by atoms with van der Waals surface area (Å²) in [6.07, 6.45) is 3.87. The lowest BCUT2D eigenvalue weighted by molar-refractivity contribution is 1.83. The zero-order valence-corrected chi connectivity index (χ0v) is 7.47. The number of thiophene rings is 1. The standard InChI is InChI=1S/C11H9S/c1-2-5-9-8-12-11-7-4-3-6-10(9)11/h2-8H,1H2. The van der Waals surface area contributed by atoms with Crippen LogP contribution in [0.5, 0.6) is 0 Å². The highest BCUT2D eigenvalue weighted by Gasteiger charge is 1.97. The molecule has 0 nitrogen and oxygen atoms in total. The van der Waals surface area contributed by atoms with Gasteiger partial charge in [0.1, 0.15) is 0 Å². The van der Waals surface area contributed by atoms with E-state index in [1.165, 1.54) is 15.6 Å². The van der Waals surface area contributed by atoms with Crippen molar-refractivity contribution in [1.82, 2.24) is 0 Å². The van der Waals surface area contributed by atoms with Crippen molar-refractivity contribution in [3.63, 3.8) is 0 Å². The van der Waals surface area contributed by atoms with E-state index in [0.717, 1.165) is 0 Å². The van der Waals surface area contributed by atoms with E-state index in [0.29, 0.717) is 0 Å². The molecule has 0 fully saturated rings. The molecule has 0 amide bonds. The lowest BCUT2D eigenvalue weighted by atomic mass is 10.2. The molecule has 59 valence electrons. The van der Waals surface area contributed by atoms with Crippen molar-refractivity contribution in [1.29, 1.82) is 0 Å². The zero-order chi connectivity index (χ0) is 8.39. The maximum Gasteiger partial charge on any atom is 0.0348 e. The molecule has 0 saturated heterocycles. The lowest BCUT2D eigenvalue weighted by Crippen LogP contribution is -1.65. The van der Waals surface area contributed by atoms with Gasteiger partial charge in [0.05, 0.1) is 0 Å². The Kier molecular flexibility index (Phi) is 1.96. The van der Waals surface area contributed by atoms with Gasteiger partial charge in [-0.2, -0.15) is 0 Å². The van der Waals surface area contributed by atoms with Crippen LogP contribution >= 0.6 is 11.3 Å². The van der Waals surface area contributed by atoms with Crippen LogP contribution in [0.25, 0.3) is 16.2 Å². The highest BCUT2D eigenvalue weighted by Crippen LogP contribution is 2.26. The molecule has 2 aromatic rings. The van der Waals surface area contributed by atoms with E-state index < -0.39 is 0 Å². The molecule has 2 rings (SSSR count). The number of benzene rings is 1. The number of hydrogen-bond donors (Lipinski definition) is 0. The zero-order valence-electron chi connectivity index (χ0n) is 6.66. The summed E-state index contributed by atoms with van der Waals surface area (Å²) in [4.78, 5) is 0. The molecular weight excluding hydrogens is 164 g/mol. The Balaban J connectivity index is 2.70. The SMILES string of the molecule is [CH2]C=Cc1csc2ccccc12. The second-order valence-corrected chi connectivity index (χ2v) is 3.50. The van der Waals surface area contributed by atoms with Crippen LogP contribution in [0.3, 0.4) is 0 Å². The third-order valence-electron chi connectivity index (χ3n) is 1.81. The molecule has 1 heteroatoms. The largest absolute Gasteiger partial charge is 0.143 e. The third kappa shape index (κ3) is 1.16. The quantitative estimate of drug-likeness (QED) is 0.616. The molecule has 1 aromatic carbocycles. The van der Waals surface area contributed by atoms with Gasteiger partial charge in [0.25, 0.3) is 0 Å². The number of allylic oxidation sites excluding steroid dienone is 1. The fraction of sp³-hybridized carbons (Fsp3) is 0. The maximum absolute atomic E-state index is 3.69. The third-order valence-corrected chi connectivity index (χ3v) is 2.79. The van der Waals surface area contributed by atoms with Crippen LogP contribution in [0, 0.1) is 6.92 Å². The summed E-state index contributed by atoms with van der Waals surface area (Å²) in [6, 6.07) is 8.41. The molecule has 1 aromatic heterocycles. The van der Waals surface area contributed by atoms with Crippen molar-refractivity contribution in [2.75, 3.05) is 0 Å². The summed E-state index contributed by atoms with van der Waals surface area (Å²) in [6.45, 7) is 3.69. The molecule has 0 aliphatic heterocycles. The van der Waals surface area contributed by atoms with E-state index in [1.807, 2.05) is 12.2 Å². The van der Waals surface area contributed by atoms with Gasteiger partial charge in [0, 0.05) is 4.70 Å². The van der Waals surface area contributed by atoms with E-state index in [1.54, 1.807) is 11.3 Å². The minimum Gasteiger partial charge on any atom is -0.143 e. The fourth-order valence-electron chi connectivity index (χ4n) is 1.25. The van der Waals surface area contributed by atoms with Gasteiger partial charge in [-0.25, -0.2) is 0 Å². The summed E-state index contributed by atoms with van der Waals surface area (Å²) in [5, 5.41) is 3.48. The van der Waals surface area contributed by atoms with Gasteiger partial charge in [-0.1, -0.05) is 30.4 Å². The maximum atomic E-state index is 3.69. The molecule has 1 heterocycles. The molecule has 0 aliphatic rings. The van der Waals surface area contributed by atoms with E-state index >= 15 is 0 Å². The van der Waals surface area contributed by atoms with E-state index in [-0.39, 0.29) is 0 Å². The Bertz CT molecular complexity index is 410. The summed E-state index contributed by atoms with van der Waals surface area (Å²) in [5.41, 5.74) is 1.27. The smallest absolute Gasteiger partial charge is 0.0348 e. The van der Waals surface area contributed by atoms with Crippen molar-refractivity contribution in [2.24, 2.45) is 0 Å². The first-order valence-corrected chi connectivity index (χ1v) is 4.72. The van der Waals surface area contributed by atoms with E-state index in [9.17, 15) is 0 Å². The van der Waals surface area contributed by atoms with Crippen molar-refractivity contribution < 1.29 is 0 Å².